The SMILES string of the molecule is ClP(Cl)Cl.SCl. The molecular weight excluding hydrogens is 205 g/mol. The van der Waals surface area contributed by atoms with Crippen molar-refractivity contribution >= 4 is 62.2 Å². The molecule has 0 bridgehead atoms. The van der Waals surface area contributed by atoms with Crippen molar-refractivity contribution in [3.05, 3.63) is 0 Å². The van der Waals surface area contributed by atoms with Gasteiger partial charge in [-0.25, -0.2) is 0 Å². The average Bonchev–Trinajstić information content (AvgIpc) is 1.41. The summed E-state index contributed by atoms with van der Waals surface area (Å²) in [6.45, 7) is 0. The molecule has 6 heavy (non-hydrogen) atoms. The molecule has 0 radical (unpaired) electrons. The van der Waals surface area contributed by atoms with Crippen LogP contribution in [0.15, 0.2) is 0 Å². The molecule has 0 aromatic rings. The van der Waals surface area contributed by atoms with Crippen LogP contribution in [0.4, 0.5) is 0 Å². The molecule has 0 atom stereocenters. The molecular formula is HCl4PS. The summed E-state index contributed by atoms with van der Waals surface area (Å²) in [4.78, 5) is 0. The third kappa shape index (κ3) is 38.5. The molecule has 0 heterocycles. The first-order valence-corrected chi connectivity index (χ1v) is 6.09. The van der Waals surface area contributed by atoms with Crippen molar-refractivity contribution < 1.29 is 0 Å². The molecule has 0 aliphatic carbocycles. The second-order valence-corrected chi connectivity index (χ2v) is 5.17. The van der Waals surface area contributed by atoms with Gasteiger partial charge in [0, 0.05) is 0 Å². The van der Waals surface area contributed by atoms with Crippen molar-refractivity contribution in [1.29, 1.82) is 0 Å². The van der Waals surface area contributed by atoms with Gasteiger partial charge in [0.25, 0.3) is 0 Å². The van der Waals surface area contributed by atoms with Crippen molar-refractivity contribution in [3.8, 4) is 0 Å². The average molecular weight is 206 g/mol. The van der Waals surface area contributed by atoms with Crippen molar-refractivity contribution in [2.24, 2.45) is 0 Å². The van der Waals surface area contributed by atoms with E-state index < -0.39 is 5.98 Å². The van der Waals surface area contributed by atoms with E-state index >= 15 is 0 Å². The first kappa shape index (κ1) is 10.8. The Bertz CT molecular complexity index is 12.3. The van der Waals surface area contributed by atoms with E-state index in [9.17, 15) is 0 Å². The summed E-state index contributed by atoms with van der Waals surface area (Å²) < 4.78 is 0. The Morgan fingerprint density at radius 3 is 1.00 bits per heavy atom. The van der Waals surface area contributed by atoms with Gasteiger partial charge in [0.1, 0.15) is 0 Å². The second kappa shape index (κ2) is 10.0. The zero-order valence-electron chi connectivity index (χ0n) is 2.41. The molecule has 6 heteroatoms. The largest absolute Gasteiger partial charge is 0.179 e. The first-order valence-electron chi connectivity index (χ1n) is 0.676. The van der Waals surface area contributed by atoms with E-state index in [4.69, 9.17) is 33.7 Å². The molecule has 0 fully saturated rings. The lowest BCUT2D eigenvalue weighted by molar-refractivity contribution is 4.58. The minimum atomic E-state index is -1.20. The highest BCUT2D eigenvalue weighted by atomic mass is 36.0. The molecule has 0 N–H and O–H groups in total. The van der Waals surface area contributed by atoms with Gasteiger partial charge in [0.05, 0.1) is 0 Å². The van der Waals surface area contributed by atoms with Crippen molar-refractivity contribution in [3.63, 3.8) is 0 Å². The van der Waals surface area contributed by atoms with Gasteiger partial charge in [-0.15, -0.1) is 0 Å². The molecule has 0 aromatic heterocycles. The minimum Gasteiger partial charge on any atom is -0.0728 e. The maximum atomic E-state index is 4.87. The Hall–Kier alpha value is 1.94. The molecule has 0 aliphatic heterocycles. The van der Waals surface area contributed by atoms with Crippen molar-refractivity contribution in [1.82, 2.24) is 0 Å². The third-order valence-electron chi connectivity index (χ3n) is 0. The van der Waals surface area contributed by atoms with Gasteiger partial charge in [0.15, 0.2) is 5.98 Å². The maximum absolute atomic E-state index is 4.87. The molecule has 40 valence electrons. The smallest absolute Gasteiger partial charge is 0.0728 e. The number of hydrogen-bond acceptors (Lipinski definition) is 1. The Kier molecular flexibility index (Phi) is 18.1. The van der Waals surface area contributed by atoms with Gasteiger partial charge in [0.2, 0.25) is 0 Å². The number of hydrogen-bond donors (Lipinski definition) is 1. The van der Waals surface area contributed by atoms with Crippen LogP contribution in [0.2, 0.25) is 0 Å². The molecule has 0 aliphatic rings. The van der Waals surface area contributed by atoms with E-state index in [2.05, 4.69) is 22.5 Å². The highest BCUT2D eigenvalue weighted by molar-refractivity contribution is 8.20. The molecule has 0 unspecified atom stereocenters. The zero-order chi connectivity index (χ0) is 5.58. The quantitative estimate of drug-likeness (QED) is 0.449. The van der Waals surface area contributed by atoms with Gasteiger partial charge in [-0.05, 0) is 10.7 Å². The zero-order valence-corrected chi connectivity index (χ0v) is 7.22. The van der Waals surface area contributed by atoms with Gasteiger partial charge < -0.3 is 0 Å². The highest BCUT2D eigenvalue weighted by Crippen LogP contribution is 2.51. The molecule has 0 aromatic carbocycles. The Morgan fingerprint density at radius 2 is 1.00 bits per heavy atom. The topological polar surface area (TPSA) is 0 Å². The predicted octanol–water partition coefficient (Wildman–Crippen LogP) is 4.00. The predicted molar refractivity (Wildman–Crippen MR) is 39.3 cm³/mol. The fourth-order valence-electron chi connectivity index (χ4n) is 0. The van der Waals surface area contributed by atoms with E-state index in [1.807, 2.05) is 0 Å². The monoisotopic (exact) mass is 204 g/mol. The van der Waals surface area contributed by atoms with Gasteiger partial charge in [-0.2, -0.15) is 0 Å². The van der Waals surface area contributed by atoms with Crippen LogP contribution >= 0.6 is 62.2 Å². The molecule has 0 saturated heterocycles. The normalized spacial score (nSPS) is 7.00. The summed E-state index contributed by atoms with van der Waals surface area (Å²) >= 11 is 17.6. The van der Waals surface area contributed by atoms with Crippen molar-refractivity contribution in [2.75, 3.05) is 0 Å². The standard InChI is InChI=1S/Cl3P.ClHS/c1-4(2)3;1-2/h;2H. The fourth-order valence-corrected chi connectivity index (χ4v) is 0. The molecule has 0 saturated carbocycles. The summed E-state index contributed by atoms with van der Waals surface area (Å²) in [6, 6.07) is 0. The lowest BCUT2D eigenvalue weighted by Crippen LogP contribution is -0.958. The third-order valence-corrected chi connectivity index (χ3v) is 0. The minimum absolute atomic E-state index is 1.20. The van der Waals surface area contributed by atoms with Gasteiger partial charge >= 0.3 is 0 Å². The summed E-state index contributed by atoms with van der Waals surface area (Å²) in [6.07, 6.45) is 0. The number of rotatable bonds is 0. The lowest BCUT2D eigenvalue weighted by atomic mass is 30.4. The van der Waals surface area contributed by atoms with Crippen LogP contribution in [0.25, 0.3) is 0 Å². The molecule has 0 spiro atoms. The van der Waals surface area contributed by atoms with Gasteiger partial charge in [-0.3, -0.25) is 0 Å². The second-order valence-electron chi connectivity index (χ2n) is 0.192. The lowest BCUT2D eigenvalue weighted by Gasteiger charge is -1.68. The van der Waals surface area contributed by atoms with E-state index in [-0.39, 0.29) is 0 Å². The van der Waals surface area contributed by atoms with Crippen LogP contribution < -0.4 is 0 Å². The van der Waals surface area contributed by atoms with E-state index in [0.29, 0.717) is 0 Å². The Labute approximate surface area is 62.1 Å². The molecule has 0 nitrogen and oxygen atoms in total. The fraction of sp³-hybridized carbons (Fsp3) is 0. The van der Waals surface area contributed by atoms with Gasteiger partial charge in [-0.1, -0.05) is 45.6 Å². The van der Waals surface area contributed by atoms with Crippen LogP contribution in [-0.4, -0.2) is 0 Å². The van der Waals surface area contributed by atoms with Crippen LogP contribution in [0.1, 0.15) is 0 Å². The van der Waals surface area contributed by atoms with Crippen LogP contribution in [-0.2, 0) is 0 Å². The van der Waals surface area contributed by atoms with E-state index in [1.165, 1.54) is 0 Å². The first-order chi connectivity index (χ1) is 2.73. The Balaban J connectivity index is 0. The molecule has 0 rings (SSSR count). The van der Waals surface area contributed by atoms with E-state index in [0.717, 1.165) is 0 Å². The summed E-state index contributed by atoms with van der Waals surface area (Å²) in [5.41, 5.74) is 0. The van der Waals surface area contributed by atoms with Crippen LogP contribution in [0, 0.1) is 0 Å². The van der Waals surface area contributed by atoms with Crippen molar-refractivity contribution in [2.45, 2.75) is 0 Å². The molecule has 0 amide bonds. The number of halogens is 4. The maximum Gasteiger partial charge on any atom is 0.179 e. The highest BCUT2D eigenvalue weighted by Gasteiger charge is 1.80. The van der Waals surface area contributed by atoms with Crippen LogP contribution in [0.5, 0.6) is 0 Å². The summed E-state index contributed by atoms with van der Waals surface area (Å²) in [7, 11) is 4.33. The van der Waals surface area contributed by atoms with Crippen LogP contribution in [0.3, 0.4) is 0 Å². The van der Waals surface area contributed by atoms with E-state index in [1.54, 1.807) is 0 Å². The summed E-state index contributed by atoms with van der Waals surface area (Å²) in [5.74, 6) is -1.20. The number of thiol groups is 1. The Morgan fingerprint density at radius 1 is 1.00 bits per heavy atom. The summed E-state index contributed by atoms with van der Waals surface area (Å²) in [5, 5.41) is 0.